The normalized spacial score (nSPS) is 27.8. The second kappa shape index (κ2) is 6.99. The molecule has 0 spiro atoms. The molecule has 1 aromatic carbocycles. The van der Waals surface area contributed by atoms with Crippen LogP contribution in [-0.2, 0) is 0 Å². The molecule has 2 N–H and O–H groups in total. The summed E-state index contributed by atoms with van der Waals surface area (Å²) in [5.41, 5.74) is 7.27. The van der Waals surface area contributed by atoms with Crippen molar-refractivity contribution in [2.75, 3.05) is 37.6 Å². The van der Waals surface area contributed by atoms with E-state index in [2.05, 4.69) is 21.9 Å². The fraction of sp³-hybridized carbons (Fsp3) is 0.647. The van der Waals surface area contributed by atoms with Crippen molar-refractivity contribution in [1.82, 2.24) is 4.90 Å². The first kappa shape index (κ1) is 15.1. The number of piperazine rings is 1. The molecule has 2 atom stereocenters. The summed E-state index contributed by atoms with van der Waals surface area (Å²) in [6.07, 6.45) is 5.39. The summed E-state index contributed by atoms with van der Waals surface area (Å²) in [7, 11) is 0. The lowest BCUT2D eigenvalue weighted by Gasteiger charge is -2.44. The van der Waals surface area contributed by atoms with Gasteiger partial charge in [-0.3, -0.25) is 4.90 Å². The second-order valence-corrected chi connectivity index (χ2v) is 6.78. The van der Waals surface area contributed by atoms with Crippen LogP contribution in [0.2, 0.25) is 5.02 Å². The van der Waals surface area contributed by atoms with Crippen LogP contribution >= 0.6 is 11.6 Å². The molecule has 4 heteroatoms. The quantitative estimate of drug-likeness (QED) is 0.932. The fourth-order valence-electron chi connectivity index (χ4n) is 3.91. The van der Waals surface area contributed by atoms with Gasteiger partial charge in [0.25, 0.3) is 0 Å². The minimum absolute atomic E-state index is 0.709. The van der Waals surface area contributed by atoms with E-state index in [1.807, 2.05) is 12.1 Å². The SMILES string of the molecule is NCC1CCCCC1N1CCN(c2ccc(Cl)cc2)CC1. The van der Waals surface area contributed by atoms with Crippen LogP contribution in [0.4, 0.5) is 5.69 Å². The Morgan fingerprint density at radius 1 is 1.00 bits per heavy atom. The first-order valence-corrected chi connectivity index (χ1v) is 8.60. The molecule has 1 heterocycles. The molecular weight excluding hydrogens is 282 g/mol. The van der Waals surface area contributed by atoms with Gasteiger partial charge in [0.05, 0.1) is 0 Å². The fourth-order valence-corrected chi connectivity index (χ4v) is 4.03. The summed E-state index contributed by atoms with van der Waals surface area (Å²) >= 11 is 5.97. The van der Waals surface area contributed by atoms with Crippen LogP contribution in [0, 0.1) is 5.92 Å². The smallest absolute Gasteiger partial charge is 0.0407 e. The third kappa shape index (κ3) is 3.53. The monoisotopic (exact) mass is 307 g/mol. The zero-order valence-electron chi connectivity index (χ0n) is 12.7. The van der Waals surface area contributed by atoms with E-state index in [1.165, 1.54) is 31.4 Å². The molecule has 0 amide bonds. The number of rotatable bonds is 3. The van der Waals surface area contributed by atoms with Crippen molar-refractivity contribution in [3.63, 3.8) is 0 Å². The highest BCUT2D eigenvalue weighted by Gasteiger charge is 2.31. The molecule has 0 radical (unpaired) electrons. The number of nitrogens with two attached hydrogens (primary N) is 1. The first-order valence-electron chi connectivity index (χ1n) is 8.22. The van der Waals surface area contributed by atoms with Crippen molar-refractivity contribution in [1.29, 1.82) is 0 Å². The molecule has 21 heavy (non-hydrogen) atoms. The summed E-state index contributed by atoms with van der Waals surface area (Å²) in [4.78, 5) is 5.15. The highest BCUT2D eigenvalue weighted by atomic mass is 35.5. The van der Waals surface area contributed by atoms with E-state index in [9.17, 15) is 0 Å². The molecule has 0 bridgehead atoms. The van der Waals surface area contributed by atoms with E-state index in [4.69, 9.17) is 17.3 Å². The van der Waals surface area contributed by atoms with Gasteiger partial charge in [-0.25, -0.2) is 0 Å². The number of hydrogen-bond donors (Lipinski definition) is 1. The Kier molecular flexibility index (Phi) is 5.04. The Bertz CT molecular complexity index is 440. The average molecular weight is 308 g/mol. The molecule has 3 rings (SSSR count). The van der Waals surface area contributed by atoms with Crippen molar-refractivity contribution in [2.24, 2.45) is 11.7 Å². The minimum Gasteiger partial charge on any atom is -0.369 e. The number of anilines is 1. The molecule has 1 aromatic rings. The van der Waals surface area contributed by atoms with Gasteiger partial charge in [-0.2, -0.15) is 0 Å². The van der Waals surface area contributed by atoms with Gasteiger partial charge < -0.3 is 10.6 Å². The van der Waals surface area contributed by atoms with Crippen LogP contribution in [0.25, 0.3) is 0 Å². The lowest BCUT2D eigenvalue weighted by molar-refractivity contribution is 0.101. The third-order valence-electron chi connectivity index (χ3n) is 5.15. The van der Waals surface area contributed by atoms with E-state index >= 15 is 0 Å². The Labute approximate surface area is 133 Å². The molecule has 3 nitrogen and oxygen atoms in total. The molecule has 1 saturated heterocycles. The van der Waals surface area contributed by atoms with Gasteiger partial charge >= 0.3 is 0 Å². The molecule has 2 unspecified atom stereocenters. The third-order valence-corrected chi connectivity index (χ3v) is 5.40. The van der Waals surface area contributed by atoms with E-state index in [-0.39, 0.29) is 0 Å². The molecule has 1 aliphatic heterocycles. The lowest BCUT2D eigenvalue weighted by Crippen LogP contribution is -2.54. The van der Waals surface area contributed by atoms with Crippen molar-refractivity contribution >= 4 is 17.3 Å². The van der Waals surface area contributed by atoms with Crippen LogP contribution in [-0.4, -0.2) is 43.7 Å². The largest absolute Gasteiger partial charge is 0.369 e. The summed E-state index contributed by atoms with van der Waals surface area (Å²) < 4.78 is 0. The summed E-state index contributed by atoms with van der Waals surface area (Å²) in [5, 5.41) is 0.811. The zero-order valence-corrected chi connectivity index (χ0v) is 13.4. The molecule has 1 aliphatic carbocycles. The first-order chi connectivity index (χ1) is 10.3. The molecule has 1 saturated carbocycles. The van der Waals surface area contributed by atoms with E-state index in [0.717, 1.165) is 43.8 Å². The van der Waals surface area contributed by atoms with Crippen molar-refractivity contribution in [3.05, 3.63) is 29.3 Å². The summed E-state index contributed by atoms with van der Waals surface area (Å²) in [6.45, 7) is 5.38. The standard InChI is InChI=1S/C17H26ClN3/c18-15-5-7-16(8-6-15)20-9-11-21(12-10-20)17-4-2-1-3-14(17)13-19/h5-8,14,17H,1-4,9-13,19H2. The number of halogens is 1. The number of hydrogen-bond acceptors (Lipinski definition) is 3. The van der Waals surface area contributed by atoms with Gasteiger partial charge in [-0.05, 0) is 49.6 Å². The maximum atomic E-state index is 5.98. The maximum Gasteiger partial charge on any atom is 0.0407 e. The average Bonchev–Trinajstić information content (AvgIpc) is 2.56. The second-order valence-electron chi connectivity index (χ2n) is 6.35. The maximum absolute atomic E-state index is 5.98. The van der Waals surface area contributed by atoms with Gasteiger partial charge in [0.2, 0.25) is 0 Å². The predicted molar refractivity (Wildman–Crippen MR) is 90.0 cm³/mol. The van der Waals surface area contributed by atoms with Crippen LogP contribution in [0.15, 0.2) is 24.3 Å². The van der Waals surface area contributed by atoms with Crippen molar-refractivity contribution in [3.8, 4) is 0 Å². The van der Waals surface area contributed by atoms with Gasteiger partial charge in [0.15, 0.2) is 0 Å². The predicted octanol–water partition coefficient (Wildman–Crippen LogP) is 2.98. The lowest BCUT2D eigenvalue weighted by atomic mass is 9.83. The Balaban J connectivity index is 1.58. The Morgan fingerprint density at radius 2 is 1.67 bits per heavy atom. The van der Waals surface area contributed by atoms with Gasteiger partial charge in [-0.15, -0.1) is 0 Å². The number of benzene rings is 1. The highest BCUT2D eigenvalue weighted by molar-refractivity contribution is 6.30. The van der Waals surface area contributed by atoms with Crippen molar-refractivity contribution < 1.29 is 0 Å². The number of nitrogens with zero attached hydrogens (tertiary/aromatic N) is 2. The minimum atomic E-state index is 0.709. The summed E-state index contributed by atoms with van der Waals surface area (Å²) in [6, 6.07) is 8.93. The van der Waals surface area contributed by atoms with Gasteiger partial charge in [0, 0.05) is 42.9 Å². The Hall–Kier alpha value is -0.770. The van der Waals surface area contributed by atoms with Gasteiger partial charge in [0.1, 0.15) is 0 Å². The van der Waals surface area contributed by atoms with E-state index in [0.29, 0.717) is 5.92 Å². The molecule has 116 valence electrons. The van der Waals surface area contributed by atoms with Crippen LogP contribution < -0.4 is 10.6 Å². The van der Waals surface area contributed by atoms with Gasteiger partial charge in [-0.1, -0.05) is 24.4 Å². The zero-order chi connectivity index (χ0) is 14.7. The molecule has 0 aromatic heterocycles. The molecule has 2 aliphatic rings. The van der Waals surface area contributed by atoms with Crippen LogP contribution in [0.1, 0.15) is 25.7 Å². The Morgan fingerprint density at radius 3 is 2.33 bits per heavy atom. The molecular formula is C17H26ClN3. The van der Waals surface area contributed by atoms with Crippen molar-refractivity contribution in [2.45, 2.75) is 31.7 Å². The summed E-state index contributed by atoms with van der Waals surface area (Å²) in [5.74, 6) is 0.709. The van der Waals surface area contributed by atoms with E-state index in [1.54, 1.807) is 0 Å². The van der Waals surface area contributed by atoms with Crippen LogP contribution in [0.5, 0.6) is 0 Å². The highest BCUT2D eigenvalue weighted by Crippen LogP contribution is 2.29. The topological polar surface area (TPSA) is 32.5 Å². The van der Waals surface area contributed by atoms with E-state index < -0.39 is 0 Å². The molecule has 2 fully saturated rings. The van der Waals surface area contributed by atoms with Crippen LogP contribution in [0.3, 0.4) is 0 Å².